The highest BCUT2D eigenvalue weighted by molar-refractivity contribution is 5.83. The average molecular weight is 212 g/mol. The third-order valence-corrected chi connectivity index (χ3v) is 3.33. The molecule has 0 aromatic heterocycles. The highest BCUT2D eigenvalue weighted by atomic mass is 16.6. The van der Waals surface area contributed by atoms with Crippen LogP contribution in [0.15, 0.2) is 11.6 Å². The number of rotatable bonds is 2. The van der Waals surface area contributed by atoms with Crippen molar-refractivity contribution in [3.8, 4) is 0 Å². The SMILES string of the molecule is COC(=O)/C=C1/CC(OC)CC2O[C@@]12C. The Morgan fingerprint density at radius 1 is 1.60 bits per heavy atom. The van der Waals surface area contributed by atoms with Crippen molar-refractivity contribution >= 4 is 5.97 Å². The molecule has 4 heteroatoms. The van der Waals surface area contributed by atoms with Crippen LogP contribution in [0, 0.1) is 0 Å². The lowest BCUT2D eigenvalue weighted by molar-refractivity contribution is -0.134. The van der Waals surface area contributed by atoms with Crippen molar-refractivity contribution in [3.05, 3.63) is 11.6 Å². The second-order valence-electron chi connectivity index (χ2n) is 4.20. The van der Waals surface area contributed by atoms with Gasteiger partial charge in [-0.05, 0) is 18.9 Å². The van der Waals surface area contributed by atoms with Crippen LogP contribution in [0.3, 0.4) is 0 Å². The number of carbonyl (C=O) groups is 1. The molecule has 1 saturated carbocycles. The van der Waals surface area contributed by atoms with Gasteiger partial charge in [-0.1, -0.05) is 0 Å². The molecule has 2 fully saturated rings. The van der Waals surface area contributed by atoms with Crippen LogP contribution in [0.2, 0.25) is 0 Å². The lowest BCUT2D eigenvalue weighted by atomic mass is 9.83. The van der Waals surface area contributed by atoms with E-state index in [0.717, 1.165) is 18.4 Å². The minimum Gasteiger partial charge on any atom is -0.466 e. The van der Waals surface area contributed by atoms with Crippen molar-refractivity contribution in [1.82, 2.24) is 0 Å². The van der Waals surface area contributed by atoms with Gasteiger partial charge in [-0.3, -0.25) is 0 Å². The molecule has 0 amide bonds. The Balaban J connectivity index is 2.15. The van der Waals surface area contributed by atoms with Gasteiger partial charge in [0.2, 0.25) is 0 Å². The van der Waals surface area contributed by atoms with E-state index in [1.165, 1.54) is 13.2 Å². The van der Waals surface area contributed by atoms with Crippen molar-refractivity contribution in [2.45, 2.75) is 37.6 Å². The number of esters is 1. The van der Waals surface area contributed by atoms with Crippen LogP contribution in [0.4, 0.5) is 0 Å². The Bertz CT molecular complexity index is 310. The van der Waals surface area contributed by atoms with E-state index in [0.29, 0.717) is 0 Å². The zero-order chi connectivity index (χ0) is 11.1. The number of hydrogen-bond donors (Lipinski definition) is 0. The Morgan fingerprint density at radius 2 is 2.33 bits per heavy atom. The molecule has 4 nitrogen and oxygen atoms in total. The maximum Gasteiger partial charge on any atom is 0.330 e. The second kappa shape index (κ2) is 3.61. The molecule has 1 aliphatic heterocycles. The summed E-state index contributed by atoms with van der Waals surface area (Å²) in [5.74, 6) is -0.322. The minimum absolute atomic E-state index is 0.154. The Kier molecular flexibility index (Phi) is 2.56. The normalized spacial score (nSPS) is 41.1. The van der Waals surface area contributed by atoms with Crippen LogP contribution < -0.4 is 0 Å². The number of carbonyl (C=O) groups excluding carboxylic acids is 1. The van der Waals surface area contributed by atoms with E-state index >= 15 is 0 Å². The summed E-state index contributed by atoms with van der Waals surface area (Å²) < 4.78 is 15.5. The third-order valence-electron chi connectivity index (χ3n) is 3.33. The van der Waals surface area contributed by atoms with E-state index in [4.69, 9.17) is 9.47 Å². The number of methoxy groups -OCH3 is 2. The van der Waals surface area contributed by atoms with Gasteiger partial charge in [-0.2, -0.15) is 0 Å². The first-order valence-electron chi connectivity index (χ1n) is 5.09. The fraction of sp³-hybridized carbons (Fsp3) is 0.727. The Morgan fingerprint density at radius 3 is 2.93 bits per heavy atom. The summed E-state index contributed by atoms with van der Waals surface area (Å²) in [4.78, 5) is 11.2. The molecular formula is C11H16O4. The first-order chi connectivity index (χ1) is 7.10. The molecule has 2 aliphatic rings. The lowest BCUT2D eigenvalue weighted by Gasteiger charge is -2.24. The van der Waals surface area contributed by atoms with Gasteiger partial charge in [0.05, 0.1) is 19.3 Å². The van der Waals surface area contributed by atoms with Gasteiger partial charge in [0.15, 0.2) is 0 Å². The maximum absolute atomic E-state index is 11.2. The molecule has 1 heterocycles. The van der Waals surface area contributed by atoms with Gasteiger partial charge in [-0.25, -0.2) is 4.79 Å². The number of fused-ring (bicyclic) bond motifs is 1. The van der Waals surface area contributed by atoms with Gasteiger partial charge in [0.1, 0.15) is 5.60 Å². The van der Waals surface area contributed by atoms with E-state index in [1.807, 2.05) is 6.92 Å². The van der Waals surface area contributed by atoms with E-state index in [1.54, 1.807) is 7.11 Å². The molecule has 0 radical (unpaired) electrons. The standard InChI is InChI=1S/C11H16O4/c1-11-7(5-10(12)14-3)4-8(13-2)6-9(11)15-11/h5,8-9H,4,6H2,1-3H3/b7-5-/t8?,9?,11-/m0/s1. The Hall–Kier alpha value is -0.870. The molecule has 1 aliphatic carbocycles. The summed E-state index contributed by atoms with van der Waals surface area (Å²) in [6.45, 7) is 2.01. The van der Waals surface area contributed by atoms with E-state index in [9.17, 15) is 4.79 Å². The quantitative estimate of drug-likeness (QED) is 0.390. The maximum atomic E-state index is 11.2. The fourth-order valence-electron chi connectivity index (χ4n) is 2.17. The predicted octanol–water partition coefficient (Wildman–Crippen LogP) is 1.05. The van der Waals surface area contributed by atoms with E-state index in [-0.39, 0.29) is 23.8 Å². The highest BCUT2D eigenvalue weighted by Crippen LogP contribution is 2.51. The minimum atomic E-state index is -0.322. The number of ether oxygens (including phenoxy) is 3. The summed E-state index contributed by atoms with van der Waals surface area (Å²) in [6.07, 6.45) is 3.54. The van der Waals surface area contributed by atoms with Gasteiger partial charge in [0.25, 0.3) is 0 Å². The summed E-state index contributed by atoms with van der Waals surface area (Å²) in [5, 5.41) is 0. The highest BCUT2D eigenvalue weighted by Gasteiger charge is 2.58. The smallest absolute Gasteiger partial charge is 0.330 e. The molecule has 0 N–H and O–H groups in total. The molecule has 3 atom stereocenters. The zero-order valence-corrected chi connectivity index (χ0v) is 9.28. The molecule has 84 valence electrons. The van der Waals surface area contributed by atoms with Gasteiger partial charge < -0.3 is 14.2 Å². The van der Waals surface area contributed by atoms with Crippen molar-refractivity contribution < 1.29 is 19.0 Å². The predicted molar refractivity (Wildman–Crippen MR) is 53.4 cm³/mol. The summed E-state index contributed by atoms with van der Waals surface area (Å²) in [7, 11) is 3.06. The number of epoxide rings is 1. The van der Waals surface area contributed by atoms with Crippen molar-refractivity contribution in [2.24, 2.45) is 0 Å². The molecule has 15 heavy (non-hydrogen) atoms. The summed E-state index contributed by atoms with van der Waals surface area (Å²) in [5.41, 5.74) is 0.737. The molecular weight excluding hydrogens is 196 g/mol. The average Bonchev–Trinajstić information content (AvgIpc) is 2.90. The van der Waals surface area contributed by atoms with Gasteiger partial charge in [-0.15, -0.1) is 0 Å². The van der Waals surface area contributed by atoms with Gasteiger partial charge >= 0.3 is 5.97 Å². The molecule has 0 spiro atoms. The van der Waals surface area contributed by atoms with E-state index < -0.39 is 0 Å². The largest absolute Gasteiger partial charge is 0.466 e. The van der Waals surface area contributed by atoms with Gasteiger partial charge in [0, 0.05) is 19.6 Å². The van der Waals surface area contributed by atoms with Crippen molar-refractivity contribution in [3.63, 3.8) is 0 Å². The lowest BCUT2D eigenvalue weighted by Crippen LogP contribution is -2.29. The summed E-state index contributed by atoms with van der Waals surface area (Å²) >= 11 is 0. The molecule has 2 rings (SSSR count). The molecule has 0 aromatic carbocycles. The molecule has 1 saturated heterocycles. The fourth-order valence-corrected chi connectivity index (χ4v) is 2.17. The summed E-state index contributed by atoms with van der Waals surface area (Å²) in [6, 6.07) is 0. The molecule has 2 unspecified atom stereocenters. The molecule has 0 bridgehead atoms. The second-order valence-corrected chi connectivity index (χ2v) is 4.20. The Labute approximate surface area is 89.2 Å². The van der Waals surface area contributed by atoms with Crippen LogP contribution in [-0.2, 0) is 19.0 Å². The van der Waals surface area contributed by atoms with Crippen LogP contribution in [0.5, 0.6) is 0 Å². The van der Waals surface area contributed by atoms with Crippen LogP contribution in [-0.4, -0.2) is 38.0 Å². The topological polar surface area (TPSA) is 48.1 Å². The first kappa shape index (κ1) is 10.6. The first-order valence-corrected chi connectivity index (χ1v) is 5.09. The van der Waals surface area contributed by atoms with Crippen LogP contribution in [0.1, 0.15) is 19.8 Å². The van der Waals surface area contributed by atoms with Crippen LogP contribution >= 0.6 is 0 Å². The monoisotopic (exact) mass is 212 g/mol. The van der Waals surface area contributed by atoms with Crippen molar-refractivity contribution in [2.75, 3.05) is 14.2 Å². The van der Waals surface area contributed by atoms with E-state index in [2.05, 4.69) is 4.74 Å². The van der Waals surface area contributed by atoms with Crippen molar-refractivity contribution in [1.29, 1.82) is 0 Å². The molecule has 0 aromatic rings. The third kappa shape index (κ3) is 1.79. The number of hydrogen-bond acceptors (Lipinski definition) is 4. The zero-order valence-electron chi connectivity index (χ0n) is 9.28. The van der Waals surface area contributed by atoms with Crippen LogP contribution in [0.25, 0.3) is 0 Å².